The van der Waals surface area contributed by atoms with Crippen molar-refractivity contribution in [1.82, 2.24) is 15.4 Å². The third-order valence-electron chi connectivity index (χ3n) is 3.01. The van der Waals surface area contributed by atoms with Gasteiger partial charge in [0.1, 0.15) is 12.4 Å². The van der Waals surface area contributed by atoms with Crippen molar-refractivity contribution in [2.45, 2.75) is 19.0 Å². The highest BCUT2D eigenvalue weighted by Crippen LogP contribution is 2.21. The molecule has 8 heteroatoms. The number of hydrogen-bond donors (Lipinski definition) is 1. The number of carbonyl (C=O) groups excluding carboxylic acids is 1. The van der Waals surface area contributed by atoms with Gasteiger partial charge >= 0.3 is 0 Å². The Bertz CT molecular complexity index is 807. The van der Waals surface area contributed by atoms with E-state index < -0.39 is 0 Å². The number of hydrogen-bond acceptors (Lipinski definition) is 6. The molecule has 0 saturated heterocycles. The van der Waals surface area contributed by atoms with E-state index in [-0.39, 0.29) is 11.7 Å². The van der Waals surface area contributed by atoms with E-state index in [0.29, 0.717) is 11.8 Å². The highest BCUT2D eigenvalue weighted by Gasteiger charge is 2.05. The molecule has 0 spiro atoms. The van der Waals surface area contributed by atoms with Crippen molar-refractivity contribution < 1.29 is 9.53 Å². The summed E-state index contributed by atoms with van der Waals surface area (Å²) >= 11 is 3.47. The summed E-state index contributed by atoms with van der Waals surface area (Å²) in [7, 11) is 0. The number of rotatable bonds is 8. The van der Waals surface area contributed by atoms with E-state index in [1.807, 2.05) is 38.1 Å². The molecule has 0 fully saturated rings. The lowest BCUT2D eigenvalue weighted by Gasteiger charge is -2.06. The smallest absolute Gasteiger partial charge is 0.250 e. The van der Waals surface area contributed by atoms with Crippen molar-refractivity contribution in [2.75, 3.05) is 12.4 Å². The van der Waals surface area contributed by atoms with Crippen LogP contribution in [-0.4, -0.2) is 34.4 Å². The molecule has 6 nitrogen and oxygen atoms in total. The third kappa shape index (κ3) is 6.75. The van der Waals surface area contributed by atoms with Gasteiger partial charge in [0.25, 0.3) is 5.91 Å². The van der Waals surface area contributed by atoms with Gasteiger partial charge < -0.3 is 4.74 Å². The van der Waals surface area contributed by atoms with E-state index in [0.717, 1.165) is 26.3 Å². The van der Waals surface area contributed by atoms with Gasteiger partial charge in [-0.2, -0.15) is 5.10 Å². The van der Waals surface area contributed by atoms with Crippen molar-refractivity contribution in [3.63, 3.8) is 0 Å². The Balaban J connectivity index is 1.84. The van der Waals surface area contributed by atoms with E-state index in [2.05, 4.69) is 49.7 Å². The molecular weight excluding hydrogens is 463 g/mol. The molecular formula is C18H19IN4O2S. The number of carbonyl (C=O) groups is 1. The average molecular weight is 482 g/mol. The maximum Gasteiger partial charge on any atom is 0.250 e. The second kappa shape index (κ2) is 10.3. The number of thioether (sulfide) groups is 1. The zero-order valence-corrected chi connectivity index (χ0v) is 17.5. The van der Waals surface area contributed by atoms with Crippen molar-refractivity contribution >= 4 is 46.5 Å². The molecule has 1 heterocycles. The molecule has 0 atom stereocenters. The van der Waals surface area contributed by atoms with Gasteiger partial charge in [0.2, 0.25) is 0 Å². The van der Waals surface area contributed by atoms with Crippen LogP contribution in [-0.2, 0) is 4.79 Å². The molecule has 1 amide bonds. The normalized spacial score (nSPS) is 10.7. The summed E-state index contributed by atoms with van der Waals surface area (Å²) in [5.74, 6) is 0.776. The number of nitrogens with zero attached hydrogens (tertiary/aromatic N) is 3. The Morgan fingerprint density at radius 3 is 2.73 bits per heavy atom. The molecule has 2 aromatic rings. The molecule has 2 rings (SSSR count). The van der Waals surface area contributed by atoms with E-state index in [1.165, 1.54) is 11.8 Å². The SMILES string of the molecule is C=CCOc1ccc(/C=N\NC(=O)CSc2nc(C)cc(C)n2)cc1I. The maximum absolute atomic E-state index is 11.9. The molecule has 0 unspecified atom stereocenters. The van der Waals surface area contributed by atoms with Crippen LogP contribution in [0.15, 0.2) is 47.2 Å². The first-order chi connectivity index (χ1) is 12.5. The van der Waals surface area contributed by atoms with Crippen LogP contribution >= 0.6 is 34.4 Å². The van der Waals surface area contributed by atoms with Gasteiger partial charge in [-0.1, -0.05) is 24.4 Å². The standard InChI is InChI=1S/C18H19IN4O2S/c1-4-7-25-16-6-5-14(9-15(16)19)10-20-23-17(24)11-26-18-21-12(2)8-13(3)22-18/h4-6,8-10H,1,7,11H2,2-3H3,(H,23,24)/b20-10-. The largest absolute Gasteiger partial charge is 0.488 e. The number of aromatic nitrogens is 2. The van der Waals surface area contributed by atoms with Crippen molar-refractivity contribution in [3.8, 4) is 5.75 Å². The molecule has 0 aliphatic rings. The lowest BCUT2D eigenvalue weighted by atomic mass is 10.2. The fourth-order valence-electron chi connectivity index (χ4n) is 1.96. The Hall–Kier alpha value is -1.94. The number of aryl methyl sites for hydroxylation is 2. The fraction of sp³-hybridized carbons (Fsp3) is 0.222. The van der Waals surface area contributed by atoms with Crippen LogP contribution in [0.1, 0.15) is 17.0 Å². The molecule has 0 aliphatic carbocycles. The molecule has 1 N–H and O–H groups in total. The van der Waals surface area contributed by atoms with Crippen LogP contribution in [0.3, 0.4) is 0 Å². The molecule has 136 valence electrons. The van der Waals surface area contributed by atoms with Gasteiger partial charge in [-0.05, 0) is 66.3 Å². The molecule has 1 aromatic heterocycles. The summed E-state index contributed by atoms with van der Waals surface area (Å²) in [5.41, 5.74) is 5.14. The number of ether oxygens (including phenoxy) is 1. The summed E-state index contributed by atoms with van der Waals surface area (Å²) in [5, 5.41) is 4.57. The predicted molar refractivity (Wildman–Crippen MR) is 113 cm³/mol. The second-order valence-corrected chi connectivity index (χ2v) is 7.41. The van der Waals surface area contributed by atoms with Crippen LogP contribution in [0.2, 0.25) is 0 Å². The third-order valence-corrected chi connectivity index (χ3v) is 4.70. The first-order valence-electron chi connectivity index (χ1n) is 7.78. The van der Waals surface area contributed by atoms with E-state index in [4.69, 9.17) is 4.74 Å². The number of amides is 1. The van der Waals surface area contributed by atoms with Gasteiger partial charge in [0.05, 0.1) is 15.5 Å². The van der Waals surface area contributed by atoms with E-state index >= 15 is 0 Å². The number of halogens is 1. The first kappa shape index (κ1) is 20.4. The molecule has 0 saturated carbocycles. The van der Waals surface area contributed by atoms with Gasteiger partial charge in [0, 0.05) is 11.4 Å². The minimum atomic E-state index is -0.213. The van der Waals surface area contributed by atoms with Crippen molar-refractivity contribution in [2.24, 2.45) is 5.10 Å². The summed E-state index contributed by atoms with van der Waals surface area (Å²) in [4.78, 5) is 20.5. The predicted octanol–water partition coefficient (Wildman–Crippen LogP) is 3.51. The summed E-state index contributed by atoms with van der Waals surface area (Å²) < 4.78 is 6.48. The Kier molecular flexibility index (Phi) is 8.05. The highest BCUT2D eigenvalue weighted by atomic mass is 127. The Morgan fingerprint density at radius 2 is 2.08 bits per heavy atom. The molecule has 1 aromatic carbocycles. The quantitative estimate of drug-likeness (QED) is 0.156. The minimum Gasteiger partial charge on any atom is -0.488 e. The lowest BCUT2D eigenvalue weighted by molar-refractivity contribution is -0.118. The topological polar surface area (TPSA) is 76.5 Å². The summed E-state index contributed by atoms with van der Waals surface area (Å²) in [6, 6.07) is 7.55. The van der Waals surface area contributed by atoms with Gasteiger partial charge in [-0.15, -0.1) is 0 Å². The molecule has 0 radical (unpaired) electrons. The Labute approximate surface area is 170 Å². The number of benzene rings is 1. The lowest BCUT2D eigenvalue weighted by Crippen LogP contribution is -2.19. The van der Waals surface area contributed by atoms with Crippen molar-refractivity contribution in [1.29, 1.82) is 0 Å². The zero-order valence-electron chi connectivity index (χ0n) is 14.5. The fourth-order valence-corrected chi connectivity index (χ4v) is 3.40. The molecule has 0 aliphatic heterocycles. The van der Waals surface area contributed by atoms with Crippen LogP contribution < -0.4 is 10.2 Å². The zero-order chi connectivity index (χ0) is 18.9. The first-order valence-corrected chi connectivity index (χ1v) is 9.84. The highest BCUT2D eigenvalue weighted by molar-refractivity contribution is 14.1. The molecule has 26 heavy (non-hydrogen) atoms. The monoisotopic (exact) mass is 482 g/mol. The minimum absolute atomic E-state index is 0.200. The van der Waals surface area contributed by atoms with Gasteiger partial charge in [-0.3, -0.25) is 4.79 Å². The van der Waals surface area contributed by atoms with E-state index in [1.54, 1.807) is 12.3 Å². The number of nitrogens with one attached hydrogen (secondary N) is 1. The number of hydrazone groups is 1. The second-order valence-electron chi connectivity index (χ2n) is 5.30. The van der Waals surface area contributed by atoms with Crippen LogP contribution in [0, 0.1) is 17.4 Å². The average Bonchev–Trinajstić information content (AvgIpc) is 2.58. The van der Waals surface area contributed by atoms with Gasteiger partial charge in [-0.25, -0.2) is 15.4 Å². The summed E-state index contributed by atoms with van der Waals surface area (Å²) in [6.07, 6.45) is 3.29. The van der Waals surface area contributed by atoms with Crippen molar-refractivity contribution in [3.05, 3.63) is 57.4 Å². The molecule has 0 bridgehead atoms. The summed E-state index contributed by atoms with van der Waals surface area (Å²) in [6.45, 7) is 7.89. The Morgan fingerprint density at radius 1 is 1.35 bits per heavy atom. The van der Waals surface area contributed by atoms with Crippen LogP contribution in [0.4, 0.5) is 0 Å². The van der Waals surface area contributed by atoms with E-state index in [9.17, 15) is 4.79 Å². The maximum atomic E-state index is 11.9. The van der Waals surface area contributed by atoms with Crippen LogP contribution in [0.25, 0.3) is 0 Å². The van der Waals surface area contributed by atoms with Gasteiger partial charge in [0.15, 0.2) is 5.16 Å². The van der Waals surface area contributed by atoms with Crippen LogP contribution in [0.5, 0.6) is 5.75 Å².